The van der Waals surface area contributed by atoms with Gasteiger partial charge in [0.15, 0.2) is 4.77 Å². The highest BCUT2D eigenvalue weighted by Gasteiger charge is 2.32. The van der Waals surface area contributed by atoms with Gasteiger partial charge in [0.05, 0.1) is 12.2 Å². The minimum atomic E-state index is -0.0740. The maximum atomic E-state index is 5.97. The first kappa shape index (κ1) is 12.5. The van der Waals surface area contributed by atoms with Crippen LogP contribution in [0.3, 0.4) is 0 Å². The Bertz CT molecular complexity index is 727. The molecule has 0 unspecified atom stereocenters. The second kappa shape index (κ2) is 4.23. The van der Waals surface area contributed by atoms with E-state index in [-0.39, 0.29) is 5.60 Å². The van der Waals surface area contributed by atoms with Crippen molar-refractivity contribution in [3.05, 3.63) is 19.9 Å². The molecule has 96 valence electrons. The summed E-state index contributed by atoms with van der Waals surface area (Å²) < 4.78 is 7.30. The zero-order valence-electron chi connectivity index (χ0n) is 10.3. The van der Waals surface area contributed by atoms with Crippen molar-refractivity contribution in [2.24, 2.45) is 0 Å². The van der Waals surface area contributed by atoms with Crippen molar-refractivity contribution < 1.29 is 4.74 Å². The van der Waals surface area contributed by atoms with E-state index in [0.717, 1.165) is 27.7 Å². The Morgan fingerprint density at radius 3 is 2.89 bits per heavy atom. The maximum absolute atomic E-state index is 5.97. The lowest BCUT2D eigenvalue weighted by atomic mass is 9.90. The van der Waals surface area contributed by atoms with Gasteiger partial charge in [-0.1, -0.05) is 19.1 Å². The molecule has 0 spiro atoms. The fourth-order valence-electron chi connectivity index (χ4n) is 2.34. The van der Waals surface area contributed by atoms with Crippen LogP contribution in [0.25, 0.3) is 10.2 Å². The molecule has 0 radical (unpaired) electrons. The lowest BCUT2D eigenvalue weighted by molar-refractivity contribution is -0.0543. The van der Waals surface area contributed by atoms with E-state index in [2.05, 4.69) is 23.8 Å². The molecule has 0 amide bonds. The first-order chi connectivity index (χ1) is 8.52. The molecule has 0 fully saturated rings. The van der Waals surface area contributed by atoms with E-state index in [1.54, 1.807) is 11.3 Å². The summed E-state index contributed by atoms with van der Waals surface area (Å²) in [6.45, 7) is 5.00. The summed E-state index contributed by atoms with van der Waals surface area (Å²) in [6, 6.07) is 0. The summed E-state index contributed by atoms with van der Waals surface area (Å²) in [4.78, 5) is 8.56. The molecule has 3 nitrogen and oxygen atoms in total. The van der Waals surface area contributed by atoms with Gasteiger partial charge in [0.25, 0.3) is 0 Å². The molecule has 18 heavy (non-hydrogen) atoms. The Labute approximate surface area is 119 Å². The van der Waals surface area contributed by atoms with Gasteiger partial charge in [-0.3, -0.25) is 0 Å². The Kier molecular flexibility index (Phi) is 2.93. The zero-order chi connectivity index (χ0) is 12.9. The van der Waals surface area contributed by atoms with Gasteiger partial charge in [-0.05, 0) is 31.1 Å². The van der Waals surface area contributed by atoms with Crippen LogP contribution in [-0.4, -0.2) is 15.6 Å². The molecule has 3 rings (SSSR count). The molecule has 2 N–H and O–H groups in total. The highest BCUT2D eigenvalue weighted by molar-refractivity contribution is 7.72. The molecule has 0 bridgehead atoms. The van der Waals surface area contributed by atoms with Crippen LogP contribution in [-0.2, 0) is 17.8 Å². The summed E-state index contributed by atoms with van der Waals surface area (Å²) in [5.74, 6) is 0. The minimum absolute atomic E-state index is 0.0740. The van der Waals surface area contributed by atoms with E-state index in [1.165, 1.54) is 10.4 Å². The largest absolute Gasteiger partial charge is 0.369 e. The number of hydrogen-bond acceptors (Lipinski definition) is 4. The van der Waals surface area contributed by atoms with Crippen LogP contribution in [0, 0.1) is 9.41 Å². The molecule has 2 aromatic heterocycles. The van der Waals surface area contributed by atoms with E-state index in [0.29, 0.717) is 11.4 Å². The van der Waals surface area contributed by atoms with Gasteiger partial charge < -0.3 is 14.7 Å². The fraction of sp³-hybridized carbons (Fsp3) is 0.500. The van der Waals surface area contributed by atoms with E-state index in [4.69, 9.17) is 29.2 Å². The van der Waals surface area contributed by atoms with E-state index in [9.17, 15) is 0 Å². The standard InChI is InChI=1S/C12H14N2OS3/c1-3-12(2)4-6-7(5-15-12)18-10-8(6)9(16)13-11(17)14-10/h3-5H2,1-2H3,(H2,13,14,16,17)/t12-/m0/s1. The van der Waals surface area contributed by atoms with Crippen LogP contribution >= 0.6 is 35.8 Å². The summed E-state index contributed by atoms with van der Waals surface area (Å²) in [6.07, 6.45) is 1.92. The molecule has 1 aliphatic heterocycles. The summed E-state index contributed by atoms with van der Waals surface area (Å²) in [5.41, 5.74) is 1.26. The van der Waals surface area contributed by atoms with Crippen molar-refractivity contribution in [3.63, 3.8) is 0 Å². The second-order valence-electron chi connectivity index (χ2n) is 4.89. The van der Waals surface area contributed by atoms with Gasteiger partial charge in [0, 0.05) is 16.7 Å². The topological polar surface area (TPSA) is 40.8 Å². The number of aromatic amines is 2. The Balaban J connectivity index is 2.28. The maximum Gasteiger partial charge on any atom is 0.176 e. The van der Waals surface area contributed by atoms with Crippen molar-refractivity contribution in [1.29, 1.82) is 0 Å². The lowest BCUT2D eigenvalue weighted by Gasteiger charge is -2.32. The Morgan fingerprint density at radius 1 is 1.39 bits per heavy atom. The van der Waals surface area contributed by atoms with E-state index in [1.807, 2.05) is 0 Å². The molecule has 0 aliphatic carbocycles. The van der Waals surface area contributed by atoms with Crippen LogP contribution in [0.15, 0.2) is 0 Å². The third-order valence-electron chi connectivity index (χ3n) is 3.62. The van der Waals surface area contributed by atoms with Gasteiger partial charge in [-0.2, -0.15) is 0 Å². The third kappa shape index (κ3) is 1.87. The van der Waals surface area contributed by atoms with E-state index >= 15 is 0 Å². The van der Waals surface area contributed by atoms with E-state index < -0.39 is 0 Å². The molecule has 1 aliphatic rings. The summed E-state index contributed by atoms with van der Waals surface area (Å²) in [5, 5.41) is 1.13. The number of H-pyrrole nitrogens is 2. The minimum Gasteiger partial charge on any atom is -0.369 e. The number of hydrogen-bond donors (Lipinski definition) is 2. The molecule has 6 heteroatoms. The number of thiophene rings is 1. The predicted octanol–water partition coefficient (Wildman–Crippen LogP) is 4.26. The molecule has 0 saturated heterocycles. The molecule has 0 saturated carbocycles. The second-order valence-corrected chi connectivity index (χ2v) is 6.81. The predicted molar refractivity (Wildman–Crippen MR) is 79.4 cm³/mol. The lowest BCUT2D eigenvalue weighted by Crippen LogP contribution is -2.33. The zero-order valence-corrected chi connectivity index (χ0v) is 12.7. The molecule has 1 atom stereocenters. The summed E-state index contributed by atoms with van der Waals surface area (Å²) in [7, 11) is 0. The van der Waals surface area contributed by atoms with Gasteiger partial charge in [-0.15, -0.1) is 11.3 Å². The first-order valence-electron chi connectivity index (χ1n) is 5.93. The average Bonchev–Trinajstić information content (AvgIpc) is 2.66. The number of rotatable bonds is 1. The third-order valence-corrected chi connectivity index (χ3v) is 5.25. The van der Waals surface area contributed by atoms with Crippen molar-refractivity contribution in [1.82, 2.24) is 9.97 Å². The molecular weight excluding hydrogens is 284 g/mol. The van der Waals surface area contributed by atoms with Crippen molar-refractivity contribution >= 4 is 46.0 Å². The number of nitrogens with one attached hydrogen (secondary N) is 2. The van der Waals surface area contributed by atoms with Crippen molar-refractivity contribution in [2.75, 3.05) is 0 Å². The van der Waals surface area contributed by atoms with Gasteiger partial charge in [0.1, 0.15) is 9.47 Å². The normalized spacial score (nSPS) is 23.2. The van der Waals surface area contributed by atoms with Crippen LogP contribution < -0.4 is 0 Å². The average molecular weight is 298 g/mol. The SMILES string of the molecule is CC[C@@]1(C)Cc2c(sc3[nH]c(=S)[nH]c(=S)c23)CO1. The van der Waals surface area contributed by atoms with Gasteiger partial charge in [0.2, 0.25) is 0 Å². The highest BCUT2D eigenvalue weighted by Crippen LogP contribution is 2.39. The van der Waals surface area contributed by atoms with Gasteiger partial charge >= 0.3 is 0 Å². The quantitative estimate of drug-likeness (QED) is 0.773. The Hall–Kier alpha value is -0.560. The monoisotopic (exact) mass is 298 g/mol. The van der Waals surface area contributed by atoms with Crippen LogP contribution in [0.1, 0.15) is 30.7 Å². The fourth-order valence-corrected chi connectivity index (χ4v) is 4.20. The summed E-state index contributed by atoms with van der Waals surface area (Å²) >= 11 is 12.3. The number of ether oxygens (including phenoxy) is 1. The first-order valence-corrected chi connectivity index (χ1v) is 7.56. The number of fused-ring (bicyclic) bond motifs is 3. The van der Waals surface area contributed by atoms with Crippen LogP contribution in [0.2, 0.25) is 0 Å². The number of aromatic nitrogens is 2. The highest BCUT2D eigenvalue weighted by atomic mass is 32.1. The molecule has 3 heterocycles. The molecular formula is C12H14N2OS3. The molecule has 2 aromatic rings. The van der Waals surface area contributed by atoms with Crippen LogP contribution in [0.4, 0.5) is 0 Å². The Morgan fingerprint density at radius 2 is 2.17 bits per heavy atom. The molecule has 0 aromatic carbocycles. The van der Waals surface area contributed by atoms with Crippen molar-refractivity contribution in [2.45, 2.75) is 38.9 Å². The van der Waals surface area contributed by atoms with Crippen molar-refractivity contribution in [3.8, 4) is 0 Å². The van der Waals surface area contributed by atoms with Crippen LogP contribution in [0.5, 0.6) is 0 Å². The van der Waals surface area contributed by atoms with Gasteiger partial charge in [-0.25, -0.2) is 0 Å². The smallest absolute Gasteiger partial charge is 0.176 e.